The van der Waals surface area contributed by atoms with E-state index < -0.39 is 0 Å². The SMILES string of the molecule is O=C(CN1C(=O)c2ccccc2C1=O)C1CC1. The number of amides is 2. The van der Waals surface area contributed by atoms with Gasteiger partial charge in [-0.2, -0.15) is 0 Å². The van der Waals surface area contributed by atoms with E-state index in [0.29, 0.717) is 11.1 Å². The van der Waals surface area contributed by atoms with Gasteiger partial charge in [-0.15, -0.1) is 0 Å². The number of carbonyl (C=O) groups excluding carboxylic acids is 3. The highest BCUT2D eigenvalue weighted by atomic mass is 16.2. The standard InChI is InChI=1S/C13H11NO3/c15-11(8-5-6-8)7-14-12(16)9-3-1-2-4-10(9)13(14)17/h1-4,8H,5-7H2. The van der Waals surface area contributed by atoms with Crippen molar-refractivity contribution in [1.82, 2.24) is 4.90 Å². The molecular formula is C13H11NO3. The second-order valence-electron chi connectivity index (χ2n) is 4.48. The molecule has 1 aromatic carbocycles. The number of hydrogen-bond acceptors (Lipinski definition) is 3. The van der Waals surface area contributed by atoms with Gasteiger partial charge in [0.25, 0.3) is 11.8 Å². The summed E-state index contributed by atoms with van der Waals surface area (Å²) in [5, 5.41) is 0. The number of hydrogen-bond donors (Lipinski definition) is 0. The van der Waals surface area contributed by atoms with E-state index in [4.69, 9.17) is 0 Å². The van der Waals surface area contributed by atoms with Crippen LogP contribution in [0.15, 0.2) is 24.3 Å². The Morgan fingerprint density at radius 3 is 2.12 bits per heavy atom. The zero-order chi connectivity index (χ0) is 12.0. The van der Waals surface area contributed by atoms with Crippen LogP contribution in [0.1, 0.15) is 33.6 Å². The van der Waals surface area contributed by atoms with Crippen molar-refractivity contribution in [1.29, 1.82) is 0 Å². The molecule has 0 N–H and O–H groups in total. The fraction of sp³-hybridized carbons (Fsp3) is 0.308. The molecule has 4 nitrogen and oxygen atoms in total. The van der Waals surface area contributed by atoms with Crippen LogP contribution < -0.4 is 0 Å². The number of imide groups is 1. The van der Waals surface area contributed by atoms with Gasteiger partial charge in [0, 0.05) is 5.92 Å². The molecule has 0 aromatic heterocycles. The molecule has 0 radical (unpaired) electrons. The Hall–Kier alpha value is -1.97. The van der Waals surface area contributed by atoms with Gasteiger partial charge in [-0.05, 0) is 25.0 Å². The maximum absolute atomic E-state index is 11.9. The highest BCUT2D eigenvalue weighted by molar-refractivity contribution is 6.22. The predicted molar refractivity (Wildman–Crippen MR) is 59.5 cm³/mol. The average molecular weight is 229 g/mol. The van der Waals surface area contributed by atoms with Crippen molar-refractivity contribution in [2.24, 2.45) is 5.92 Å². The molecule has 0 bridgehead atoms. The second kappa shape index (κ2) is 3.52. The van der Waals surface area contributed by atoms with Crippen LogP contribution in [0.3, 0.4) is 0 Å². The Morgan fingerprint density at radius 2 is 1.65 bits per heavy atom. The summed E-state index contributed by atoms with van der Waals surface area (Å²) in [5.74, 6) is -0.627. The number of rotatable bonds is 3. The maximum atomic E-state index is 11.9. The van der Waals surface area contributed by atoms with Gasteiger partial charge >= 0.3 is 0 Å². The van der Waals surface area contributed by atoms with E-state index in [0.717, 1.165) is 17.7 Å². The number of benzene rings is 1. The third kappa shape index (κ3) is 1.56. The summed E-state index contributed by atoms with van der Waals surface area (Å²) in [6.45, 7) is -0.0724. The lowest BCUT2D eigenvalue weighted by atomic mass is 10.1. The molecule has 1 aromatic rings. The van der Waals surface area contributed by atoms with Crippen molar-refractivity contribution in [3.05, 3.63) is 35.4 Å². The van der Waals surface area contributed by atoms with Crippen molar-refractivity contribution in [3.63, 3.8) is 0 Å². The van der Waals surface area contributed by atoms with Crippen LogP contribution in [-0.2, 0) is 4.79 Å². The summed E-state index contributed by atoms with van der Waals surface area (Å²) >= 11 is 0. The van der Waals surface area contributed by atoms with Crippen molar-refractivity contribution in [2.75, 3.05) is 6.54 Å². The Balaban J connectivity index is 1.87. The predicted octanol–water partition coefficient (Wildman–Crippen LogP) is 1.26. The van der Waals surface area contributed by atoms with Crippen molar-refractivity contribution in [3.8, 4) is 0 Å². The van der Waals surface area contributed by atoms with Crippen LogP contribution in [0.2, 0.25) is 0 Å². The third-order valence-electron chi connectivity index (χ3n) is 3.22. The molecule has 86 valence electrons. The lowest BCUT2D eigenvalue weighted by Crippen LogP contribution is -2.35. The van der Waals surface area contributed by atoms with Gasteiger partial charge < -0.3 is 0 Å². The van der Waals surface area contributed by atoms with Crippen molar-refractivity contribution >= 4 is 17.6 Å². The van der Waals surface area contributed by atoms with Gasteiger partial charge in [0.1, 0.15) is 0 Å². The summed E-state index contributed by atoms with van der Waals surface area (Å²) < 4.78 is 0. The first kappa shape index (κ1) is 10.2. The van der Waals surface area contributed by atoms with Crippen LogP contribution in [0.25, 0.3) is 0 Å². The Bertz CT molecular complexity index is 496. The van der Waals surface area contributed by atoms with Gasteiger partial charge in [0.05, 0.1) is 17.7 Å². The molecule has 0 unspecified atom stereocenters. The van der Waals surface area contributed by atoms with E-state index in [2.05, 4.69) is 0 Å². The van der Waals surface area contributed by atoms with E-state index in [1.807, 2.05) is 0 Å². The number of ketones is 1. The van der Waals surface area contributed by atoms with Gasteiger partial charge in [0.15, 0.2) is 5.78 Å². The van der Waals surface area contributed by atoms with Crippen LogP contribution in [0, 0.1) is 5.92 Å². The Labute approximate surface area is 98.2 Å². The molecule has 0 spiro atoms. The highest BCUT2D eigenvalue weighted by Gasteiger charge is 2.39. The summed E-state index contributed by atoms with van der Waals surface area (Å²) in [7, 11) is 0. The Morgan fingerprint density at radius 1 is 1.12 bits per heavy atom. The topological polar surface area (TPSA) is 54.5 Å². The molecule has 0 saturated heterocycles. The first-order chi connectivity index (χ1) is 8.18. The molecule has 1 heterocycles. The van der Waals surface area contributed by atoms with E-state index >= 15 is 0 Å². The van der Waals surface area contributed by atoms with Crippen LogP contribution in [0.4, 0.5) is 0 Å². The van der Waals surface area contributed by atoms with Crippen molar-refractivity contribution < 1.29 is 14.4 Å². The lowest BCUT2D eigenvalue weighted by Gasteiger charge is -2.11. The molecule has 2 aliphatic rings. The molecule has 3 rings (SSSR count). The molecule has 1 fully saturated rings. The van der Waals surface area contributed by atoms with Crippen LogP contribution in [-0.4, -0.2) is 29.0 Å². The molecule has 2 amide bonds. The third-order valence-corrected chi connectivity index (χ3v) is 3.22. The monoisotopic (exact) mass is 229 g/mol. The Kier molecular flexibility index (Phi) is 2.11. The van der Waals surface area contributed by atoms with E-state index in [9.17, 15) is 14.4 Å². The minimum Gasteiger partial charge on any atom is -0.297 e. The first-order valence-corrected chi connectivity index (χ1v) is 5.66. The minimum absolute atomic E-state index is 0.000457. The normalized spacial score (nSPS) is 18.5. The largest absolute Gasteiger partial charge is 0.297 e. The van der Waals surface area contributed by atoms with Gasteiger partial charge in [-0.25, -0.2) is 0 Å². The van der Waals surface area contributed by atoms with E-state index in [-0.39, 0.29) is 30.1 Å². The minimum atomic E-state index is -0.348. The molecular weight excluding hydrogens is 218 g/mol. The molecule has 17 heavy (non-hydrogen) atoms. The van der Waals surface area contributed by atoms with E-state index in [1.54, 1.807) is 24.3 Å². The second-order valence-corrected chi connectivity index (χ2v) is 4.48. The molecule has 1 saturated carbocycles. The van der Waals surface area contributed by atoms with E-state index in [1.165, 1.54) is 0 Å². The molecule has 1 aliphatic heterocycles. The van der Waals surface area contributed by atoms with Crippen LogP contribution >= 0.6 is 0 Å². The summed E-state index contributed by atoms with van der Waals surface area (Å²) in [4.78, 5) is 36.6. The molecule has 1 aliphatic carbocycles. The number of nitrogens with zero attached hydrogens (tertiary/aromatic N) is 1. The zero-order valence-corrected chi connectivity index (χ0v) is 9.18. The molecule has 4 heteroatoms. The van der Waals surface area contributed by atoms with Gasteiger partial charge in [-0.3, -0.25) is 19.3 Å². The number of Topliss-reactive ketones (excluding diaryl/α,β-unsaturated/α-hetero) is 1. The number of fused-ring (bicyclic) bond motifs is 1. The number of carbonyl (C=O) groups is 3. The van der Waals surface area contributed by atoms with Crippen LogP contribution in [0.5, 0.6) is 0 Å². The van der Waals surface area contributed by atoms with Gasteiger partial charge in [0.2, 0.25) is 0 Å². The van der Waals surface area contributed by atoms with Crippen molar-refractivity contribution in [2.45, 2.75) is 12.8 Å². The first-order valence-electron chi connectivity index (χ1n) is 5.66. The summed E-state index contributed by atoms with van der Waals surface area (Å²) in [6, 6.07) is 6.68. The summed E-state index contributed by atoms with van der Waals surface area (Å²) in [5.41, 5.74) is 0.808. The highest BCUT2D eigenvalue weighted by Crippen LogP contribution is 2.31. The smallest absolute Gasteiger partial charge is 0.261 e. The summed E-state index contributed by atoms with van der Waals surface area (Å²) in [6.07, 6.45) is 1.78. The quantitative estimate of drug-likeness (QED) is 0.733. The average Bonchev–Trinajstić information content (AvgIpc) is 3.15. The lowest BCUT2D eigenvalue weighted by molar-refractivity contribution is -0.120. The zero-order valence-electron chi connectivity index (χ0n) is 9.18. The molecule has 0 atom stereocenters. The van der Waals surface area contributed by atoms with Gasteiger partial charge in [-0.1, -0.05) is 12.1 Å². The fourth-order valence-corrected chi connectivity index (χ4v) is 2.07. The fourth-order valence-electron chi connectivity index (χ4n) is 2.07. The maximum Gasteiger partial charge on any atom is 0.261 e.